The first-order valence-electron chi connectivity index (χ1n) is 8.65. The second-order valence-corrected chi connectivity index (χ2v) is 9.12. The fraction of sp³-hybridized carbons (Fsp3) is 0.611. The van der Waals surface area contributed by atoms with Gasteiger partial charge in [-0.25, -0.2) is 0 Å². The minimum Gasteiger partial charge on any atom is -0.341 e. The highest BCUT2D eigenvalue weighted by Crippen LogP contribution is 2.18. The summed E-state index contributed by atoms with van der Waals surface area (Å²) in [6.45, 7) is 7.97. The topological polar surface area (TPSA) is 60.9 Å². The minimum absolute atomic E-state index is 0.0687. The molecular formula is C18H29N3O3S. The second kappa shape index (κ2) is 7.85. The monoisotopic (exact) mass is 367 g/mol. The standard InChI is InChI=1S/C18H29N3O3S/c1-14-11-15(2)17(16(3)12-14)13-18(22)20-7-6-8-21(10-9-20)25(23,24)19(4)5/h11-12H,6-10,13H2,1-5H3. The Morgan fingerprint density at radius 1 is 1.04 bits per heavy atom. The summed E-state index contributed by atoms with van der Waals surface area (Å²) in [4.78, 5) is 14.5. The van der Waals surface area contributed by atoms with Gasteiger partial charge in [0.25, 0.3) is 10.2 Å². The molecule has 1 saturated heterocycles. The number of carbonyl (C=O) groups is 1. The molecule has 1 amide bonds. The van der Waals surface area contributed by atoms with Crippen molar-refractivity contribution in [3.8, 4) is 0 Å². The van der Waals surface area contributed by atoms with Crippen molar-refractivity contribution < 1.29 is 13.2 Å². The highest BCUT2D eigenvalue weighted by atomic mass is 32.2. The smallest absolute Gasteiger partial charge is 0.281 e. The molecule has 0 spiro atoms. The molecule has 1 aliphatic heterocycles. The summed E-state index contributed by atoms with van der Waals surface area (Å²) in [7, 11) is -0.353. The Hall–Kier alpha value is -1.44. The van der Waals surface area contributed by atoms with Crippen molar-refractivity contribution in [2.45, 2.75) is 33.6 Å². The van der Waals surface area contributed by atoms with Gasteiger partial charge in [0.1, 0.15) is 0 Å². The van der Waals surface area contributed by atoms with Crippen LogP contribution in [0, 0.1) is 20.8 Å². The van der Waals surface area contributed by atoms with Gasteiger partial charge in [-0.3, -0.25) is 4.79 Å². The number of nitrogens with zero attached hydrogens (tertiary/aromatic N) is 3. The van der Waals surface area contributed by atoms with Crippen LogP contribution in [0.3, 0.4) is 0 Å². The van der Waals surface area contributed by atoms with Gasteiger partial charge in [-0.05, 0) is 43.9 Å². The van der Waals surface area contributed by atoms with Crippen LogP contribution in [-0.2, 0) is 21.4 Å². The maximum atomic E-state index is 12.7. The van der Waals surface area contributed by atoms with Gasteiger partial charge in [0, 0.05) is 40.3 Å². The maximum absolute atomic E-state index is 12.7. The zero-order valence-electron chi connectivity index (χ0n) is 15.9. The lowest BCUT2D eigenvalue weighted by Gasteiger charge is -2.24. The van der Waals surface area contributed by atoms with E-state index in [0.29, 0.717) is 39.0 Å². The molecule has 0 bridgehead atoms. The Morgan fingerprint density at radius 3 is 2.20 bits per heavy atom. The average molecular weight is 368 g/mol. The van der Waals surface area contributed by atoms with E-state index in [4.69, 9.17) is 0 Å². The predicted molar refractivity (Wildman–Crippen MR) is 99.7 cm³/mol. The Bertz CT molecular complexity index is 721. The molecule has 0 aromatic heterocycles. The zero-order valence-corrected chi connectivity index (χ0v) is 16.7. The molecule has 1 fully saturated rings. The summed E-state index contributed by atoms with van der Waals surface area (Å²) in [5.41, 5.74) is 4.55. The summed E-state index contributed by atoms with van der Waals surface area (Å²) in [5.74, 6) is 0.0687. The van der Waals surface area contributed by atoms with E-state index in [1.54, 1.807) is 4.90 Å². The van der Waals surface area contributed by atoms with Crippen molar-refractivity contribution in [1.82, 2.24) is 13.5 Å². The van der Waals surface area contributed by atoms with E-state index in [2.05, 4.69) is 19.1 Å². The average Bonchev–Trinajstić information content (AvgIpc) is 2.76. The summed E-state index contributed by atoms with van der Waals surface area (Å²) < 4.78 is 27.2. The third-order valence-corrected chi connectivity index (χ3v) is 6.70. The number of benzene rings is 1. The number of rotatable bonds is 4. The first-order chi connectivity index (χ1) is 11.6. The lowest BCUT2D eigenvalue weighted by Crippen LogP contribution is -2.42. The Balaban J connectivity index is 2.07. The van der Waals surface area contributed by atoms with E-state index >= 15 is 0 Å². The van der Waals surface area contributed by atoms with Gasteiger partial charge < -0.3 is 4.90 Å². The largest absolute Gasteiger partial charge is 0.341 e. The Kier molecular flexibility index (Phi) is 6.24. The van der Waals surface area contributed by atoms with Crippen LogP contribution in [0.2, 0.25) is 0 Å². The van der Waals surface area contributed by atoms with Gasteiger partial charge in [-0.15, -0.1) is 0 Å². The van der Waals surface area contributed by atoms with Crippen molar-refractivity contribution in [2.75, 3.05) is 40.3 Å². The molecule has 0 saturated carbocycles. The summed E-state index contributed by atoms with van der Waals surface area (Å²) in [6.07, 6.45) is 1.03. The maximum Gasteiger partial charge on any atom is 0.281 e. The molecule has 1 aromatic carbocycles. The van der Waals surface area contributed by atoms with Crippen LogP contribution in [0.15, 0.2) is 12.1 Å². The number of hydrogen-bond donors (Lipinski definition) is 0. The lowest BCUT2D eigenvalue weighted by molar-refractivity contribution is -0.130. The van der Waals surface area contributed by atoms with Crippen molar-refractivity contribution in [3.05, 3.63) is 34.4 Å². The molecule has 1 aliphatic rings. The predicted octanol–water partition coefficient (Wildman–Crippen LogP) is 1.50. The molecule has 6 nitrogen and oxygen atoms in total. The van der Waals surface area contributed by atoms with Crippen LogP contribution >= 0.6 is 0 Å². The van der Waals surface area contributed by atoms with Crippen molar-refractivity contribution >= 4 is 16.1 Å². The van der Waals surface area contributed by atoms with Crippen molar-refractivity contribution in [2.24, 2.45) is 0 Å². The Labute approximate surface area is 151 Å². The first kappa shape index (κ1) is 19.9. The van der Waals surface area contributed by atoms with Gasteiger partial charge >= 0.3 is 0 Å². The highest BCUT2D eigenvalue weighted by Gasteiger charge is 2.28. The lowest BCUT2D eigenvalue weighted by atomic mass is 9.97. The van der Waals surface area contributed by atoms with E-state index in [9.17, 15) is 13.2 Å². The first-order valence-corrected chi connectivity index (χ1v) is 10.0. The fourth-order valence-electron chi connectivity index (χ4n) is 3.36. The van der Waals surface area contributed by atoms with Crippen LogP contribution in [-0.4, -0.2) is 68.1 Å². The molecule has 0 atom stereocenters. The van der Waals surface area contributed by atoms with Gasteiger partial charge in [0.2, 0.25) is 5.91 Å². The van der Waals surface area contributed by atoms with Gasteiger partial charge in [-0.1, -0.05) is 17.7 Å². The van der Waals surface area contributed by atoms with E-state index in [-0.39, 0.29) is 5.91 Å². The number of carbonyl (C=O) groups excluding carboxylic acids is 1. The van der Waals surface area contributed by atoms with Gasteiger partial charge in [-0.2, -0.15) is 17.0 Å². The number of amides is 1. The third-order valence-electron chi connectivity index (χ3n) is 4.76. The second-order valence-electron chi connectivity index (χ2n) is 6.98. The van der Waals surface area contributed by atoms with Crippen LogP contribution in [0.1, 0.15) is 28.7 Å². The van der Waals surface area contributed by atoms with E-state index in [1.807, 2.05) is 13.8 Å². The number of hydrogen-bond acceptors (Lipinski definition) is 3. The van der Waals surface area contributed by atoms with Crippen LogP contribution in [0.25, 0.3) is 0 Å². The van der Waals surface area contributed by atoms with Crippen LogP contribution < -0.4 is 0 Å². The summed E-state index contributed by atoms with van der Waals surface area (Å²) >= 11 is 0. The van der Waals surface area contributed by atoms with E-state index in [0.717, 1.165) is 16.7 Å². The Morgan fingerprint density at radius 2 is 1.64 bits per heavy atom. The normalized spacial score (nSPS) is 17.0. The molecule has 1 heterocycles. The van der Waals surface area contributed by atoms with E-state index < -0.39 is 10.2 Å². The molecule has 7 heteroatoms. The SMILES string of the molecule is Cc1cc(C)c(CC(=O)N2CCCN(S(=O)(=O)N(C)C)CC2)c(C)c1. The van der Waals surface area contributed by atoms with Gasteiger partial charge in [0.15, 0.2) is 0 Å². The highest BCUT2D eigenvalue weighted by molar-refractivity contribution is 7.86. The molecule has 0 unspecified atom stereocenters. The molecule has 25 heavy (non-hydrogen) atoms. The molecule has 140 valence electrons. The van der Waals surface area contributed by atoms with Crippen molar-refractivity contribution in [1.29, 1.82) is 0 Å². The number of aryl methyl sites for hydroxylation is 3. The molecule has 0 N–H and O–H groups in total. The molecule has 1 aromatic rings. The molecule has 0 aliphatic carbocycles. The van der Waals surface area contributed by atoms with Crippen molar-refractivity contribution in [3.63, 3.8) is 0 Å². The summed E-state index contributed by atoms with van der Waals surface area (Å²) in [6, 6.07) is 4.20. The molecule has 0 radical (unpaired) electrons. The molecular weight excluding hydrogens is 338 g/mol. The van der Waals surface area contributed by atoms with E-state index in [1.165, 1.54) is 28.3 Å². The minimum atomic E-state index is -3.42. The quantitative estimate of drug-likeness (QED) is 0.810. The third kappa shape index (κ3) is 4.59. The molecule has 2 rings (SSSR count). The summed E-state index contributed by atoms with van der Waals surface area (Å²) in [5, 5.41) is 0. The van der Waals surface area contributed by atoms with Crippen LogP contribution in [0.4, 0.5) is 0 Å². The van der Waals surface area contributed by atoms with Gasteiger partial charge in [0.05, 0.1) is 6.42 Å². The fourth-order valence-corrected chi connectivity index (χ4v) is 4.49. The zero-order chi connectivity index (χ0) is 18.8. The van der Waals surface area contributed by atoms with Crippen LogP contribution in [0.5, 0.6) is 0 Å².